The Morgan fingerprint density at radius 3 is 2.79 bits per heavy atom. The second kappa shape index (κ2) is 6.84. The summed E-state index contributed by atoms with van der Waals surface area (Å²) >= 11 is 1.60. The molecule has 1 atom stereocenters. The lowest BCUT2D eigenvalue weighted by Gasteiger charge is -2.33. The van der Waals surface area contributed by atoms with Crippen molar-refractivity contribution in [2.75, 3.05) is 18.2 Å². The predicted molar refractivity (Wildman–Crippen MR) is 90.8 cm³/mol. The topological polar surface area (TPSA) is 77.9 Å². The lowest BCUT2D eigenvalue weighted by atomic mass is 9.97. The first-order chi connectivity index (χ1) is 11.5. The van der Waals surface area contributed by atoms with Gasteiger partial charge in [-0.25, -0.2) is 4.79 Å². The number of carboxylic acid groups (broad SMARTS) is 1. The van der Waals surface area contributed by atoms with Gasteiger partial charge < -0.3 is 14.9 Å². The van der Waals surface area contributed by atoms with Crippen molar-refractivity contribution in [1.82, 2.24) is 9.80 Å². The van der Waals surface area contributed by atoms with Gasteiger partial charge in [0.05, 0.1) is 11.4 Å². The normalized spacial score (nSPS) is 20.0. The minimum Gasteiger partial charge on any atom is -0.478 e. The first-order valence-corrected chi connectivity index (χ1v) is 9.17. The number of hydrogen-bond donors (Lipinski definition) is 1. The quantitative estimate of drug-likeness (QED) is 0.897. The van der Waals surface area contributed by atoms with Crippen molar-refractivity contribution in [2.24, 2.45) is 0 Å². The summed E-state index contributed by atoms with van der Waals surface area (Å²) in [6.45, 7) is 2.82. The lowest BCUT2D eigenvalue weighted by molar-refractivity contribution is -0.143. The molecule has 0 bridgehead atoms. The van der Waals surface area contributed by atoms with Gasteiger partial charge >= 0.3 is 5.97 Å². The van der Waals surface area contributed by atoms with E-state index in [1.165, 1.54) is 0 Å². The van der Waals surface area contributed by atoms with E-state index in [1.807, 2.05) is 6.07 Å². The number of carboxylic acids is 1. The highest BCUT2D eigenvalue weighted by Crippen LogP contribution is 2.26. The predicted octanol–water partition coefficient (Wildman–Crippen LogP) is 1.58. The summed E-state index contributed by atoms with van der Waals surface area (Å²) in [5.74, 6) is 0.199. The molecule has 3 rings (SSSR count). The zero-order valence-electron chi connectivity index (χ0n) is 13.5. The number of carbonyl (C=O) groups excluding carboxylic acids is 2. The van der Waals surface area contributed by atoms with Crippen LogP contribution in [0.2, 0.25) is 0 Å². The molecule has 7 heteroatoms. The van der Waals surface area contributed by atoms with Gasteiger partial charge in [-0.05, 0) is 29.7 Å². The van der Waals surface area contributed by atoms with E-state index in [9.17, 15) is 14.4 Å². The maximum absolute atomic E-state index is 12.9. The molecule has 1 saturated heterocycles. The maximum Gasteiger partial charge on any atom is 0.335 e. The SMILES string of the molecule is CCC(=O)N1CSCC1C(=O)N1CCc2ccc(C(=O)O)cc2C1. The Morgan fingerprint density at radius 2 is 2.08 bits per heavy atom. The van der Waals surface area contributed by atoms with Crippen LogP contribution >= 0.6 is 11.8 Å². The Kier molecular flexibility index (Phi) is 4.80. The van der Waals surface area contributed by atoms with Crippen molar-refractivity contribution >= 4 is 29.5 Å². The molecule has 0 aromatic heterocycles. The molecule has 1 aromatic rings. The molecule has 0 spiro atoms. The van der Waals surface area contributed by atoms with Crippen LogP contribution in [-0.4, -0.2) is 56.9 Å². The summed E-state index contributed by atoms with van der Waals surface area (Å²) in [6.07, 6.45) is 1.11. The third-order valence-corrected chi connectivity index (χ3v) is 5.58. The number of rotatable bonds is 3. The molecule has 128 valence electrons. The first kappa shape index (κ1) is 16.8. The number of hydrogen-bond acceptors (Lipinski definition) is 4. The van der Waals surface area contributed by atoms with Crippen molar-refractivity contribution in [1.29, 1.82) is 0 Å². The van der Waals surface area contributed by atoms with Gasteiger partial charge in [0.1, 0.15) is 6.04 Å². The average molecular weight is 348 g/mol. The van der Waals surface area contributed by atoms with Crippen LogP contribution in [0.3, 0.4) is 0 Å². The Bertz CT molecular complexity index is 691. The van der Waals surface area contributed by atoms with Gasteiger partial charge in [-0.2, -0.15) is 0 Å². The number of benzene rings is 1. The monoisotopic (exact) mass is 348 g/mol. The number of carbonyl (C=O) groups is 3. The Morgan fingerprint density at radius 1 is 1.29 bits per heavy atom. The third kappa shape index (κ3) is 3.13. The summed E-state index contributed by atoms with van der Waals surface area (Å²) in [7, 11) is 0. The molecule has 1 N–H and O–H groups in total. The summed E-state index contributed by atoms with van der Waals surface area (Å²) < 4.78 is 0. The minimum atomic E-state index is -0.965. The van der Waals surface area contributed by atoms with E-state index in [2.05, 4.69) is 0 Å². The highest BCUT2D eigenvalue weighted by molar-refractivity contribution is 7.99. The molecule has 0 aliphatic carbocycles. The fourth-order valence-corrected chi connectivity index (χ4v) is 4.36. The molecule has 2 aliphatic rings. The van der Waals surface area contributed by atoms with Crippen LogP contribution in [0.4, 0.5) is 0 Å². The minimum absolute atomic E-state index is 0.00363. The van der Waals surface area contributed by atoms with Gasteiger partial charge in [-0.3, -0.25) is 9.59 Å². The van der Waals surface area contributed by atoms with Gasteiger partial charge in [-0.1, -0.05) is 13.0 Å². The molecule has 1 unspecified atom stereocenters. The number of fused-ring (bicyclic) bond motifs is 1. The van der Waals surface area contributed by atoms with Crippen LogP contribution in [0.25, 0.3) is 0 Å². The molecule has 0 radical (unpaired) electrons. The van der Waals surface area contributed by atoms with Crippen molar-refractivity contribution in [3.8, 4) is 0 Å². The van der Waals surface area contributed by atoms with Crippen molar-refractivity contribution in [2.45, 2.75) is 32.4 Å². The Balaban J connectivity index is 1.77. The first-order valence-electron chi connectivity index (χ1n) is 8.02. The number of nitrogens with zero attached hydrogens (tertiary/aromatic N) is 2. The van der Waals surface area contributed by atoms with Gasteiger partial charge in [0.15, 0.2) is 0 Å². The fraction of sp³-hybridized carbons (Fsp3) is 0.471. The number of aromatic carboxylic acids is 1. The van der Waals surface area contributed by atoms with Crippen LogP contribution in [-0.2, 0) is 22.6 Å². The van der Waals surface area contributed by atoms with Gasteiger partial charge in [0, 0.05) is 25.3 Å². The van der Waals surface area contributed by atoms with Gasteiger partial charge in [0.2, 0.25) is 11.8 Å². The van der Waals surface area contributed by atoms with Crippen molar-refractivity contribution in [3.63, 3.8) is 0 Å². The van der Waals surface area contributed by atoms with Crippen molar-refractivity contribution < 1.29 is 19.5 Å². The zero-order valence-corrected chi connectivity index (χ0v) is 14.3. The Hall–Kier alpha value is -2.02. The summed E-state index contributed by atoms with van der Waals surface area (Å²) in [4.78, 5) is 39.4. The standard InChI is InChI=1S/C17H20N2O4S/c1-2-15(20)19-10-24-9-14(19)16(21)18-6-5-11-3-4-12(17(22)23)7-13(11)8-18/h3-4,7,14H,2,5-6,8-10H2,1H3,(H,22,23). The van der Waals surface area contributed by atoms with E-state index in [-0.39, 0.29) is 17.4 Å². The maximum atomic E-state index is 12.9. The fourth-order valence-electron chi connectivity index (χ4n) is 3.19. The van der Waals surface area contributed by atoms with Gasteiger partial charge in [-0.15, -0.1) is 11.8 Å². The molecule has 1 aromatic carbocycles. The molecule has 2 amide bonds. The number of amides is 2. The Labute approximate surface area is 144 Å². The van der Waals surface area contributed by atoms with E-state index in [1.54, 1.807) is 40.6 Å². The molecule has 2 aliphatic heterocycles. The van der Waals surface area contributed by atoms with E-state index < -0.39 is 12.0 Å². The van der Waals surface area contributed by atoms with E-state index in [0.717, 1.165) is 11.1 Å². The van der Waals surface area contributed by atoms with Crippen LogP contribution in [0, 0.1) is 0 Å². The van der Waals surface area contributed by atoms with Crippen LogP contribution < -0.4 is 0 Å². The zero-order chi connectivity index (χ0) is 17.3. The second-order valence-corrected chi connectivity index (χ2v) is 7.03. The summed E-state index contributed by atoms with van der Waals surface area (Å²) in [5.41, 5.74) is 2.21. The molecule has 6 nitrogen and oxygen atoms in total. The highest BCUT2D eigenvalue weighted by atomic mass is 32.2. The lowest BCUT2D eigenvalue weighted by Crippen LogP contribution is -2.50. The largest absolute Gasteiger partial charge is 0.478 e. The molecule has 24 heavy (non-hydrogen) atoms. The summed E-state index contributed by atoms with van der Waals surface area (Å²) in [5, 5.41) is 9.13. The van der Waals surface area contributed by atoms with Crippen LogP contribution in [0.1, 0.15) is 34.8 Å². The number of thioether (sulfide) groups is 1. The van der Waals surface area contributed by atoms with E-state index >= 15 is 0 Å². The second-order valence-electron chi connectivity index (χ2n) is 6.03. The van der Waals surface area contributed by atoms with E-state index in [0.29, 0.717) is 37.6 Å². The third-order valence-electron chi connectivity index (χ3n) is 4.57. The molecule has 1 fully saturated rings. The van der Waals surface area contributed by atoms with E-state index in [4.69, 9.17) is 5.11 Å². The van der Waals surface area contributed by atoms with Crippen LogP contribution in [0.15, 0.2) is 18.2 Å². The average Bonchev–Trinajstić information content (AvgIpc) is 3.09. The van der Waals surface area contributed by atoms with Crippen LogP contribution in [0.5, 0.6) is 0 Å². The molecular formula is C17H20N2O4S. The molecule has 2 heterocycles. The molecular weight excluding hydrogens is 328 g/mol. The van der Waals surface area contributed by atoms with Gasteiger partial charge in [0.25, 0.3) is 0 Å². The molecule has 0 saturated carbocycles. The summed E-state index contributed by atoms with van der Waals surface area (Å²) in [6, 6.07) is 4.69. The van der Waals surface area contributed by atoms with Crippen molar-refractivity contribution in [3.05, 3.63) is 34.9 Å². The highest BCUT2D eigenvalue weighted by Gasteiger charge is 2.37. The smallest absolute Gasteiger partial charge is 0.335 e.